The van der Waals surface area contributed by atoms with Gasteiger partial charge in [-0.15, -0.1) is 0 Å². The lowest BCUT2D eigenvalue weighted by atomic mass is 10.1. The molecule has 0 bridgehead atoms. The molecule has 1 aromatic carbocycles. The van der Waals surface area contributed by atoms with Crippen LogP contribution < -0.4 is 20.1 Å². The third-order valence-corrected chi connectivity index (χ3v) is 3.04. The van der Waals surface area contributed by atoms with Gasteiger partial charge in [0.05, 0.1) is 14.2 Å². The molecule has 5 heteroatoms. The molecule has 0 spiro atoms. The number of hydrogen-bond donors (Lipinski definition) is 2. The zero-order valence-electron chi connectivity index (χ0n) is 10.7. The van der Waals surface area contributed by atoms with Gasteiger partial charge in [-0.1, -0.05) is 0 Å². The van der Waals surface area contributed by atoms with Crippen LogP contribution in [0.25, 0.3) is 0 Å². The zero-order valence-corrected chi connectivity index (χ0v) is 10.7. The fraction of sp³-hybridized carbons (Fsp3) is 0.462. The van der Waals surface area contributed by atoms with Crippen molar-refractivity contribution < 1.29 is 14.3 Å². The first kappa shape index (κ1) is 12.7. The van der Waals surface area contributed by atoms with Crippen LogP contribution in [0.2, 0.25) is 0 Å². The molecule has 1 saturated heterocycles. The quantitative estimate of drug-likeness (QED) is 0.829. The molecule has 0 aromatic heterocycles. The summed E-state index contributed by atoms with van der Waals surface area (Å²) >= 11 is 0. The minimum absolute atomic E-state index is 0.0790. The van der Waals surface area contributed by atoms with E-state index >= 15 is 0 Å². The van der Waals surface area contributed by atoms with Crippen LogP contribution >= 0.6 is 0 Å². The maximum Gasteiger partial charge on any atom is 0.251 e. The Hall–Kier alpha value is -1.75. The molecule has 0 unspecified atom stereocenters. The Morgan fingerprint density at radius 2 is 2.11 bits per heavy atom. The fourth-order valence-corrected chi connectivity index (χ4v) is 2.02. The molecule has 1 aromatic rings. The van der Waals surface area contributed by atoms with Gasteiger partial charge in [0.25, 0.3) is 5.91 Å². The van der Waals surface area contributed by atoms with E-state index in [0.29, 0.717) is 17.1 Å². The highest BCUT2D eigenvalue weighted by Gasteiger charge is 2.18. The summed E-state index contributed by atoms with van der Waals surface area (Å²) in [7, 11) is 3.13. The van der Waals surface area contributed by atoms with E-state index in [2.05, 4.69) is 10.6 Å². The molecule has 0 radical (unpaired) electrons. The van der Waals surface area contributed by atoms with E-state index in [0.717, 1.165) is 19.5 Å². The van der Waals surface area contributed by atoms with Gasteiger partial charge >= 0.3 is 0 Å². The summed E-state index contributed by atoms with van der Waals surface area (Å²) in [6.07, 6.45) is 0.971. The minimum Gasteiger partial charge on any atom is -0.493 e. The standard InChI is InChI=1S/C13H18N2O3/c1-17-11-4-3-9(7-12(11)18-2)13(16)15-10-5-6-14-8-10/h3-4,7,10,14H,5-6,8H2,1-2H3,(H,15,16)/t10-/m1/s1. The van der Waals surface area contributed by atoms with Gasteiger partial charge in [0.1, 0.15) is 0 Å². The molecule has 1 atom stereocenters. The maximum atomic E-state index is 12.0. The Bertz CT molecular complexity index is 428. The molecule has 18 heavy (non-hydrogen) atoms. The predicted octanol–water partition coefficient (Wildman–Crippen LogP) is 0.795. The van der Waals surface area contributed by atoms with Gasteiger partial charge in [-0.05, 0) is 31.2 Å². The van der Waals surface area contributed by atoms with Crippen LogP contribution in [0.15, 0.2) is 18.2 Å². The maximum absolute atomic E-state index is 12.0. The van der Waals surface area contributed by atoms with E-state index in [1.54, 1.807) is 32.4 Å². The van der Waals surface area contributed by atoms with Crippen molar-refractivity contribution in [1.29, 1.82) is 0 Å². The number of carbonyl (C=O) groups is 1. The van der Waals surface area contributed by atoms with E-state index in [9.17, 15) is 4.79 Å². The molecule has 1 amide bonds. The smallest absolute Gasteiger partial charge is 0.251 e. The van der Waals surface area contributed by atoms with Gasteiger partial charge in [-0.25, -0.2) is 0 Å². The number of carbonyl (C=O) groups excluding carboxylic acids is 1. The second-order valence-corrected chi connectivity index (χ2v) is 4.23. The third kappa shape index (κ3) is 2.73. The molecular formula is C13H18N2O3. The lowest BCUT2D eigenvalue weighted by Gasteiger charge is -2.13. The summed E-state index contributed by atoms with van der Waals surface area (Å²) < 4.78 is 10.3. The fourth-order valence-electron chi connectivity index (χ4n) is 2.02. The Labute approximate surface area is 106 Å². The molecule has 1 heterocycles. The summed E-state index contributed by atoms with van der Waals surface area (Å²) in [5, 5.41) is 6.20. The second-order valence-electron chi connectivity index (χ2n) is 4.23. The van der Waals surface area contributed by atoms with Crippen LogP contribution in [0.3, 0.4) is 0 Å². The van der Waals surface area contributed by atoms with Crippen molar-refractivity contribution in [2.75, 3.05) is 27.3 Å². The van der Waals surface area contributed by atoms with Crippen molar-refractivity contribution in [1.82, 2.24) is 10.6 Å². The molecule has 2 N–H and O–H groups in total. The van der Waals surface area contributed by atoms with Gasteiger partial charge < -0.3 is 20.1 Å². The number of rotatable bonds is 4. The Morgan fingerprint density at radius 3 is 2.72 bits per heavy atom. The lowest BCUT2D eigenvalue weighted by Crippen LogP contribution is -2.36. The zero-order chi connectivity index (χ0) is 13.0. The number of benzene rings is 1. The first-order valence-electron chi connectivity index (χ1n) is 5.98. The number of ether oxygens (including phenoxy) is 2. The third-order valence-electron chi connectivity index (χ3n) is 3.04. The summed E-state index contributed by atoms with van der Waals surface area (Å²) in [5.41, 5.74) is 0.583. The van der Waals surface area contributed by atoms with Gasteiger partial charge in [-0.2, -0.15) is 0 Å². The summed E-state index contributed by atoms with van der Waals surface area (Å²) in [4.78, 5) is 12.0. The predicted molar refractivity (Wildman–Crippen MR) is 68.3 cm³/mol. The first-order valence-corrected chi connectivity index (χ1v) is 5.98. The molecule has 5 nitrogen and oxygen atoms in total. The van der Waals surface area contributed by atoms with Crippen molar-refractivity contribution in [3.8, 4) is 11.5 Å². The first-order chi connectivity index (χ1) is 8.74. The van der Waals surface area contributed by atoms with E-state index in [1.165, 1.54) is 0 Å². The Morgan fingerprint density at radius 1 is 1.33 bits per heavy atom. The van der Waals surface area contributed by atoms with E-state index < -0.39 is 0 Å². The van der Waals surface area contributed by atoms with Gasteiger partial charge in [0.2, 0.25) is 0 Å². The average molecular weight is 250 g/mol. The number of hydrogen-bond acceptors (Lipinski definition) is 4. The molecule has 0 aliphatic carbocycles. The highest BCUT2D eigenvalue weighted by atomic mass is 16.5. The van der Waals surface area contributed by atoms with E-state index in [1.807, 2.05) is 0 Å². The van der Waals surface area contributed by atoms with Crippen molar-refractivity contribution in [2.24, 2.45) is 0 Å². The van der Waals surface area contributed by atoms with Crippen molar-refractivity contribution in [2.45, 2.75) is 12.5 Å². The summed E-state index contributed by atoms with van der Waals surface area (Å²) in [6, 6.07) is 5.38. The monoisotopic (exact) mass is 250 g/mol. The normalized spacial score (nSPS) is 18.4. The highest BCUT2D eigenvalue weighted by molar-refractivity contribution is 5.95. The Kier molecular flexibility index (Phi) is 4.04. The number of amides is 1. The largest absolute Gasteiger partial charge is 0.493 e. The van der Waals surface area contributed by atoms with E-state index in [4.69, 9.17) is 9.47 Å². The topological polar surface area (TPSA) is 59.6 Å². The summed E-state index contributed by atoms with van der Waals surface area (Å²) in [6.45, 7) is 1.79. The van der Waals surface area contributed by atoms with Crippen LogP contribution in [0.1, 0.15) is 16.8 Å². The van der Waals surface area contributed by atoms with Crippen LogP contribution in [0.4, 0.5) is 0 Å². The molecule has 0 saturated carbocycles. The molecule has 2 rings (SSSR count). The minimum atomic E-state index is -0.0790. The van der Waals surface area contributed by atoms with Crippen LogP contribution in [0, 0.1) is 0 Å². The van der Waals surface area contributed by atoms with E-state index in [-0.39, 0.29) is 11.9 Å². The lowest BCUT2D eigenvalue weighted by molar-refractivity contribution is 0.0939. The van der Waals surface area contributed by atoms with Crippen LogP contribution in [0.5, 0.6) is 11.5 Å². The molecular weight excluding hydrogens is 232 g/mol. The molecule has 1 fully saturated rings. The Balaban J connectivity index is 2.09. The molecule has 1 aliphatic heterocycles. The van der Waals surface area contributed by atoms with Crippen molar-refractivity contribution in [3.63, 3.8) is 0 Å². The van der Waals surface area contributed by atoms with Crippen LogP contribution in [-0.4, -0.2) is 39.3 Å². The van der Waals surface area contributed by atoms with Crippen LogP contribution in [-0.2, 0) is 0 Å². The SMILES string of the molecule is COc1ccc(C(=O)N[C@@H]2CCNC2)cc1OC. The highest BCUT2D eigenvalue weighted by Crippen LogP contribution is 2.27. The van der Waals surface area contributed by atoms with Crippen molar-refractivity contribution >= 4 is 5.91 Å². The number of methoxy groups -OCH3 is 2. The van der Waals surface area contributed by atoms with Gasteiger partial charge in [0, 0.05) is 18.2 Å². The summed E-state index contributed by atoms with van der Waals surface area (Å²) in [5.74, 6) is 1.11. The molecule has 1 aliphatic rings. The average Bonchev–Trinajstić information content (AvgIpc) is 2.90. The van der Waals surface area contributed by atoms with Gasteiger partial charge in [0.15, 0.2) is 11.5 Å². The van der Waals surface area contributed by atoms with Gasteiger partial charge in [-0.3, -0.25) is 4.79 Å². The molecule has 98 valence electrons. The van der Waals surface area contributed by atoms with Crippen molar-refractivity contribution in [3.05, 3.63) is 23.8 Å². The number of nitrogens with one attached hydrogen (secondary N) is 2. The second kappa shape index (κ2) is 5.73.